The van der Waals surface area contributed by atoms with Crippen molar-refractivity contribution < 1.29 is 8.42 Å². The van der Waals surface area contributed by atoms with Gasteiger partial charge in [0.25, 0.3) is 10.2 Å². The van der Waals surface area contributed by atoms with E-state index >= 15 is 0 Å². The van der Waals surface area contributed by atoms with Gasteiger partial charge in [-0.3, -0.25) is 0 Å². The molecule has 0 amide bonds. The molecule has 1 fully saturated rings. The first kappa shape index (κ1) is 17.9. The van der Waals surface area contributed by atoms with Gasteiger partial charge in [0.05, 0.1) is 0 Å². The quantitative estimate of drug-likeness (QED) is 0.661. The number of nitrogens with one attached hydrogen (secondary N) is 1. The van der Waals surface area contributed by atoms with Crippen LogP contribution in [0.4, 0.5) is 0 Å². The van der Waals surface area contributed by atoms with E-state index in [1.165, 1.54) is 4.31 Å². The normalized spacial score (nSPS) is 24.6. The van der Waals surface area contributed by atoms with Crippen molar-refractivity contribution >= 4 is 10.2 Å². The van der Waals surface area contributed by atoms with Crippen LogP contribution < -0.4 is 5.32 Å². The highest BCUT2D eigenvalue weighted by molar-refractivity contribution is 7.86. The molecule has 0 aliphatic carbocycles. The van der Waals surface area contributed by atoms with Gasteiger partial charge in [-0.1, -0.05) is 13.8 Å². The molecule has 6 heteroatoms. The monoisotopic (exact) mass is 305 g/mol. The predicted octanol–water partition coefficient (Wildman–Crippen LogP) is 1.82. The lowest BCUT2D eigenvalue weighted by atomic mass is 10.2. The van der Waals surface area contributed by atoms with Crippen molar-refractivity contribution in [2.75, 3.05) is 26.7 Å². The highest BCUT2D eigenvalue weighted by Gasteiger charge is 2.40. The molecule has 2 atom stereocenters. The van der Waals surface area contributed by atoms with Crippen molar-refractivity contribution in [1.82, 2.24) is 13.9 Å². The van der Waals surface area contributed by atoms with E-state index in [1.807, 2.05) is 6.92 Å². The maximum absolute atomic E-state index is 12.7. The van der Waals surface area contributed by atoms with Gasteiger partial charge in [-0.05, 0) is 52.1 Å². The minimum Gasteiger partial charge on any atom is -0.317 e. The topological polar surface area (TPSA) is 52.7 Å². The Balaban J connectivity index is 2.54. The van der Waals surface area contributed by atoms with E-state index in [4.69, 9.17) is 0 Å². The van der Waals surface area contributed by atoms with E-state index in [0.717, 1.165) is 45.2 Å². The zero-order valence-electron chi connectivity index (χ0n) is 13.4. The van der Waals surface area contributed by atoms with Crippen molar-refractivity contribution in [2.45, 2.75) is 65.0 Å². The van der Waals surface area contributed by atoms with E-state index in [-0.39, 0.29) is 12.1 Å². The second-order valence-electron chi connectivity index (χ2n) is 5.75. The van der Waals surface area contributed by atoms with E-state index in [0.29, 0.717) is 6.54 Å². The van der Waals surface area contributed by atoms with E-state index in [2.05, 4.69) is 19.2 Å². The number of hydrogen-bond donors (Lipinski definition) is 1. The molecule has 0 aromatic carbocycles. The Morgan fingerprint density at radius 2 is 1.95 bits per heavy atom. The zero-order chi connectivity index (χ0) is 15.2. The Kier molecular flexibility index (Phi) is 7.43. The third-order valence-electron chi connectivity index (χ3n) is 4.10. The van der Waals surface area contributed by atoms with Gasteiger partial charge in [-0.25, -0.2) is 0 Å². The fourth-order valence-electron chi connectivity index (χ4n) is 2.85. The van der Waals surface area contributed by atoms with Crippen molar-refractivity contribution in [1.29, 1.82) is 0 Å². The summed E-state index contributed by atoms with van der Waals surface area (Å²) in [7, 11) is -1.60. The predicted molar refractivity (Wildman–Crippen MR) is 83.9 cm³/mol. The fourth-order valence-corrected chi connectivity index (χ4v) is 4.73. The van der Waals surface area contributed by atoms with E-state index in [9.17, 15) is 8.42 Å². The molecule has 1 aliphatic rings. The average molecular weight is 305 g/mol. The van der Waals surface area contributed by atoms with Crippen LogP contribution in [0.1, 0.15) is 52.9 Å². The Hall–Kier alpha value is -0.170. The maximum atomic E-state index is 12.7. The summed E-state index contributed by atoms with van der Waals surface area (Å²) in [5.74, 6) is 0. The SMILES string of the molecule is CCCNCCCN(C)S(=O)(=O)N1C(C)CCC1CC. The molecule has 0 aromatic rings. The zero-order valence-corrected chi connectivity index (χ0v) is 14.2. The van der Waals surface area contributed by atoms with Crippen LogP contribution in [-0.2, 0) is 10.2 Å². The lowest BCUT2D eigenvalue weighted by Gasteiger charge is -2.31. The molecule has 120 valence electrons. The van der Waals surface area contributed by atoms with Crippen molar-refractivity contribution in [2.24, 2.45) is 0 Å². The largest absolute Gasteiger partial charge is 0.317 e. The first-order valence-electron chi connectivity index (χ1n) is 7.90. The van der Waals surface area contributed by atoms with Crippen LogP contribution in [0.25, 0.3) is 0 Å². The van der Waals surface area contributed by atoms with Gasteiger partial charge in [0.2, 0.25) is 0 Å². The second kappa shape index (κ2) is 8.32. The Morgan fingerprint density at radius 3 is 2.55 bits per heavy atom. The van der Waals surface area contributed by atoms with Crippen LogP contribution in [-0.4, -0.2) is 55.8 Å². The minimum absolute atomic E-state index is 0.130. The number of hydrogen-bond acceptors (Lipinski definition) is 3. The van der Waals surface area contributed by atoms with Crippen LogP contribution in [0, 0.1) is 0 Å². The third-order valence-corrected chi connectivity index (χ3v) is 6.26. The molecule has 5 nitrogen and oxygen atoms in total. The Bertz CT molecular complexity index is 373. The molecule has 1 saturated heterocycles. The van der Waals surface area contributed by atoms with Crippen molar-refractivity contribution in [3.63, 3.8) is 0 Å². The van der Waals surface area contributed by atoms with Gasteiger partial charge >= 0.3 is 0 Å². The lowest BCUT2D eigenvalue weighted by Crippen LogP contribution is -2.47. The molecule has 0 radical (unpaired) electrons. The van der Waals surface area contributed by atoms with Crippen LogP contribution in [0.2, 0.25) is 0 Å². The molecule has 1 N–H and O–H groups in total. The summed E-state index contributed by atoms with van der Waals surface area (Å²) in [5, 5.41) is 3.31. The maximum Gasteiger partial charge on any atom is 0.282 e. The molecule has 0 spiro atoms. The van der Waals surface area contributed by atoms with Gasteiger partial charge in [0.15, 0.2) is 0 Å². The minimum atomic E-state index is -3.30. The van der Waals surface area contributed by atoms with Crippen LogP contribution in [0.3, 0.4) is 0 Å². The first-order valence-corrected chi connectivity index (χ1v) is 9.30. The van der Waals surface area contributed by atoms with Crippen LogP contribution >= 0.6 is 0 Å². The summed E-state index contributed by atoms with van der Waals surface area (Å²) >= 11 is 0. The molecule has 0 saturated carbocycles. The van der Waals surface area contributed by atoms with E-state index < -0.39 is 10.2 Å². The summed E-state index contributed by atoms with van der Waals surface area (Å²) in [4.78, 5) is 0. The molecule has 1 aliphatic heterocycles. The van der Waals surface area contributed by atoms with E-state index in [1.54, 1.807) is 11.4 Å². The second-order valence-corrected chi connectivity index (χ2v) is 7.69. The molecule has 2 unspecified atom stereocenters. The summed E-state index contributed by atoms with van der Waals surface area (Å²) in [6, 6.07) is 0.307. The fraction of sp³-hybridized carbons (Fsp3) is 1.00. The molecule has 0 aromatic heterocycles. The Morgan fingerprint density at radius 1 is 1.25 bits per heavy atom. The summed E-state index contributed by atoms with van der Waals surface area (Å²) in [6.07, 6.45) is 4.83. The standard InChI is InChI=1S/C14H31N3O2S/c1-5-10-15-11-7-12-16(4)20(18,19)17-13(3)8-9-14(17)6-2/h13-15H,5-12H2,1-4H3. The molecular formula is C14H31N3O2S. The molecule has 1 rings (SSSR count). The van der Waals surface area contributed by atoms with Gasteiger partial charge in [-0.15, -0.1) is 0 Å². The Labute approximate surface area is 124 Å². The van der Waals surface area contributed by atoms with Crippen molar-refractivity contribution in [3.05, 3.63) is 0 Å². The number of rotatable bonds is 9. The average Bonchev–Trinajstić information content (AvgIpc) is 2.80. The van der Waals surface area contributed by atoms with Crippen LogP contribution in [0.5, 0.6) is 0 Å². The first-order chi connectivity index (χ1) is 9.45. The highest BCUT2D eigenvalue weighted by Crippen LogP contribution is 2.30. The van der Waals surface area contributed by atoms with Gasteiger partial charge in [0.1, 0.15) is 0 Å². The van der Waals surface area contributed by atoms with Crippen LogP contribution in [0.15, 0.2) is 0 Å². The molecule has 1 heterocycles. The highest BCUT2D eigenvalue weighted by atomic mass is 32.2. The molecule has 0 bridgehead atoms. The summed E-state index contributed by atoms with van der Waals surface area (Å²) in [6.45, 7) is 8.67. The smallest absolute Gasteiger partial charge is 0.282 e. The summed E-state index contributed by atoms with van der Waals surface area (Å²) < 4.78 is 28.6. The van der Waals surface area contributed by atoms with Crippen molar-refractivity contribution in [3.8, 4) is 0 Å². The number of nitrogens with zero attached hydrogens (tertiary/aromatic N) is 2. The molecular weight excluding hydrogens is 274 g/mol. The molecule has 20 heavy (non-hydrogen) atoms. The van der Waals surface area contributed by atoms with Gasteiger partial charge in [-0.2, -0.15) is 17.0 Å². The lowest BCUT2D eigenvalue weighted by molar-refractivity contribution is 0.297. The summed E-state index contributed by atoms with van der Waals surface area (Å²) in [5.41, 5.74) is 0. The third kappa shape index (κ3) is 4.41. The van der Waals surface area contributed by atoms with Gasteiger partial charge < -0.3 is 5.32 Å². The van der Waals surface area contributed by atoms with Gasteiger partial charge in [0, 0.05) is 25.7 Å².